The van der Waals surface area contributed by atoms with Crippen LogP contribution in [0.15, 0.2) is 24.3 Å². The van der Waals surface area contributed by atoms with E-state index in [0.29, 0.717) is 0 Å². The zero-order chi connectivity index (χ0) is 20.7. The molecule has 0 fully saturated rings. The standard InChI is InChI=1S/C24H32O4/c1-15-11-21-17(13-19(15)25-7)23(3,4)9-10-24(5,6)18-14-20(26-8)16(2)12-22(18)28-27-21/h11-14H,9-10H2,1-8H3. The van der Waals surface area contributed by atoms with Crippen molar-refractivity contribution in [3.05, 3.63) is 46.5 Å². The Kier molecular flexibility index (Phi) is 5.26. The van der Waals surface area contributed by atoms with Gasteiger partial charge in [0.05, 0.1) is 14.2 Å². The molecule has 2 aromatic rings. The first-order valence-corrected chi connectivity index (χ1v) is 9.82. The van der Waals surface area contributed by atoms with Gasteiger partial charge < -0.3 is 9.47 Å². The Hall–Kier alpha value is -2.36. The molecule has 28 heavy (non-hydrogen) atoms. The number of methoxy groups -OCH3 is 2. The van der Waals surface area contributed by atoms with Gasteiger partial charge in [0.2, 0.25) is 0 Å². The molecule has 0 amide bonds. The summed E-state index contributed by atoms with van der Waals surface area (Å²) >= 11 is 0. The fourth-order valence-electron chi connectivity index (χ4n) is 3.94. The largest absolute Gasteiger partial charge is 0.496 e. The summed E-state index contributed by atoms with van der Waals surface area (Å²) in [5, 5.41) is 0. The summed E-state index contributed by atoms with van der Waals surface area (Å²) in [6.07, 6.45) is 2.00. The molecule has 152 valence electrons. The normalized spacial score (nSPS) is 17.4. The van der Waals surface area contributed by atoms with Crippen molar-refractivity contribution in [3.8, 4) is 23.0 Å². The number of aryl methyl sites for hydroxylation is 2. The number of hydrogen-bond acceptors (Lipinski definition) is 4. The summed E-state index contributed by atoms with van der Waals surface area (Å²) in [6.45, 7) is 13.0. The van der Waals surface area contributed by atoms with Crippen molar-refractivity contribution in [2.24, 2.45) is 0 Å². The lowest BCUT2D eigenvalue weighted by Crippen LogP contribution is -2.27. The van der Waals surface area contributed by atoms with Crippen LogP contribution in [0.1, 0.15) is 62.8 Å². The Morgan fingerprint density at radius 2 is 1.04 bits per heavy atom. The molecule has 1 heterocycles. The highest BCUT2D eigenvalue weighted by Crippen LogP contribution is 2.46. The lowest BCUT2D eigenvalue weighted by Gasteiger charge is -2.35. The Bertz CT molecular complexity index is 807. The Balaban J connectivity index is 2.15. The van der Waals surface area contributed by atoms with Gasteiger partial charge >= 0.3 is 0 Å². The van der Waals surface area contributed by atoms with E-state index in [1.54, 1.807) is 14.2 Å². The summed E-state index contributed by atoms with van der Waals surface area (Å²) < 4.78 is 11.1. The van der Waals surface area contributed by atoms with Crippen LogP contribution in [0, 0.1) is 13.8 Å². The van der Waals surface area contributed by atoms with Crippen molar-refractivity contribution in [2.75, 3.05) is 14.2 Å². The van der Waals surface area contributed by atoms with Crippen LogP contribution in [0.2, 0.25) is 0 Å². The third kappa shape index (κ3) is 3.65. The van der Waals surface area contributed by atoms with Crippen molar-refractivity contribution in [2.45, 2.75) is 65.2 Å². The molecule has 1 aliphatic heterocycles. The molecule has 0 aliphatic carbocycles. The van der Waals surface area contributed by atoms with E-state index in [2.05, 4.69) is 39.8 Å². The lowest BCUT2D eigenvalue weighted by atomic mass is 9.72. The second-order valence-electron chi connectivity index (χ2n) is 9.07. The number of ether oxygens (including phenoxy) is 2. The van der Waals surface area contributed by atoms with E-state index in [0.717, 1.165) is 58.1 Å². The Morgan fingerprint density at radius 3 is 1.36 bits per heavy atom. The first-order valence-electron chi connectivity index (χ1n) is 9.82. The predicted octanol–water partition coefficient (Wildman–Crippen LogP) is 6.04. The van der Waals surface area contributed by atoms with Gasteiger partial charge in [-0.15, -0.1) is 0 Å². The fraction of sp³-hybridized carbons (Fsp3) is 0.500. The molecule has 2 aromatic carbocycles. The van der Waals surface area contributed by atoms with E-state index in [1.165, 1.54) is 0 Å². The van der Waals surface area contributed by atoms with Gasteiger partial charge in [0.25, 0.3) is 0 Å². The molecular weight excluding hydrogens is 352 g/mol. The molecule has 0 saturated carbocycles. The maximum atomic E-state index is 5.93. The van der Waals surface area contributed by atoms with Crippen LogP contribution in [-0.2, 0) is 10.8 Å². The van der Waals surface area contributed by atoms with Crippen LogP contribution in [0.25, 0.3) is 0 Å². The van der Waals surface area contributed by atoms with Crippen LogP contribution in [0.5, 0.6) is 23.0 Å². The smallest absolute Gasteiger partial charge is 0.182 e. The molecule has 0 N–H and O–H groups in total. The van der Waals surface area contributed by atoms with Gasteiger partial charge in [-0.1, -0.05) is 27.7 Å². The van der Waals surface area contributed by atoms with Gasteiger partial charge in [-0.25, -0.2) is 0 Å². The first-order chi connectivity index (χ1) is 13.1. The van der Waals surface area contributed by atoms with Crippen LogP contribution >= 0.6 is 0 Å². The van der Waals surface area contributed by atoms with Crippen molar-refractivity contribution in [1.29, 1.82) is 0 Å². The van der Waals surface area contributed by atoms with E-state index >= 15 is 0 Å². The highest BCUT2D eigenvalue weighted by molar-refractivity contribution is 5.51. The Labute approximate surface area is 168 Å². The first kappa shape index (κ1) is 20.4. The maximum Gasteiger partial charge on any atom is 0.182 e. The highest BCUT2D eigenvalue weighted by Gasteiger charge is 2.34. The maximum absolute atomic E-state index is 5.93. The van der Waals surface area contributed by atoms with Crippen molar-refractivity contribution in [1.82, 2.24) is 0 Å². The van der Waals surface area contributed by atoms with Crippen LogP contribution < -0.4 is 19.2 Å². The number of rotatable bonds is 2. The molecular formula is C24H32O4. The third-order valence-electron chi connectivity index (χ3n) is 6.05. The third-order valence-corrected chi connectivity index (χ3v) is 6.05. The zero-order valence-corrected chi connectivity index (χ0v) is 18.4. The molecule has 0 atom stereocenters. The molecule has 0 saturated heterocycles. The van der Waals surface area contributed by atoms with E-state index in [-0.39, 0.29) is 10.8 Å². The monoisotopic (exact) mass is 384 g/mol. The van der Waals surface area contributed by atoms with Gasteiger partial charge in [0.1, 0.15) is 11.5 Å². The molecule has 1 aliphatic rings. The molecule has 4 nitrogen and oxygen atoms in total. The molecule has 0 unspecified atom stereocenters. The Morgan fingerprint density at radius 1 is 0.679 bits per heavy atom. The van der Waals surface area contributed by atoms with E-state index < -0.39 is 0 Å². The second-order valence-corrected chi connectivity index (χ2v) is 9.07. The van der Waals surface area contributed by atoms with Gasteiger partial charge in [-0.05, 0) is 72.9 Å². The summed E-state index contributed by atoms with van der Waals surface area (Å²) in [4.78, 5) is 11.9. The highest BCUT2D eigenvalue weighted by atomic mass is 17.2. The fourth-order valence-corrected chi connectivity index (χ4v) is 3.94. The number of fused-ring (bicyclic) bond motifs is 2. The van der Waals surface area contributed by atoms with Crippen molar-refractivity contribution < 1.29 is 19.2 Å². The molecule has 4 heteroatoms. The molecule has 0 radical (unpaired) electrons. The topological polar surface area (TPSA) is 36.9 Å². The predicted molar refractivity (Wildman–Crippen MR) is 112 cm³/mol. The molecule has 3 rings (SSSR count). The lowest BCUT2D eigenvalue weighted by molar-refractivity contribution is -0.104. The minimum atomic E-state index is -0.0940. The molecule has 0 bridgehead atoms. The summed E-state index contributed by atoms with van der Waals surface area (Å²) in [5.41, 5.74) is 4.04. The van der Waals surface area contributed by atoms with Crippen molar-refractivity contribution >= 4 is 0 Å². The average molecular weight is 385 g/mol. The molecule has 0 aromatic heterocycles. The van der Waals surface area contributed by atoms with Crippen LogP contribution in [0.3, 0.4) is 0 Å². The second kappa shape index (κ2) is 7.23. The van der Waals surface area contributed by atoms with Gasteiger partial charge in [0.15, 0.2) is 11.5 Å². The van der Waals surface area contributed by atoms with E-state index in [1.807, 2.05) is 26.0 Å². The summed E-state index contributed by atoms with van der Waals surface area (Å²) in [5.74, 6) is 3.21. The summed E-state index contributed by atoms with van der Waals surface area (Å²) in [6, 6.07) is 8.17. The summed E-state index contributed by atoms with van der Waals surface area (Å²) in [7, 11) is 3.41. The van der Waals surface area contributed by atoms with Gasteiger partial charge in [-0.3, -0.25) is 9.78 Å². The van der Waals surface area contributed by atoms with Crippen LogP contribution in [-0.4, -0.2) is 14.2 Å². The number of hydrogen-bond donors (Lipinski definition) is 0. The molecule has 0 spiro atoms. The van der Waals surface area contributed by atoms with Gasteiger partial charge in [-0.2, -0.15) is 0 Å². The minimum absolute atomic E-state index is 0.0940. The number of benzene rings is 2. The van der Waals surface area contributed by atoms with E-state index in [9.17, 15) is 0 Å². The SMILES string of the molecule is COc1cc2c(cc1C)OOc1cc(C)c(OC)cc1C(C)(C)CCC2(C)C. The zero-order valence-electron chi connectivity index (χ0n) is 18.4. The average Bonchev–Trinajstić information content (AvgIpc) is 2.64. The quantitative estimate of drug-likeness (QED) is 0.591. The van der Waals surface area contributed by atoms with E-state index in [4.69, 9.17) is 19.2 Å². The minimum Gasteiger partial charge on any atom is -0.496 e. The van der Waals surface area contributed by atoms with Crippen molar-refractivity contribution in [3.63, 3.8) is 0 Å². The van der Waals surface area contributed by atoms with Gasteiger partial charge in [0, 0.05) is 11.1 Å². The van der Waals surface area contributed by atoms with Crippen LogP contribution in [0.4, 0.5) is 0 Å².